The molecular weight excluding hydrogens is 252 g/mol. The van der Waals surface area contributed by atoms with E-state index in [2.05, 4.69) is 6.92 Å². The van der Waals surface area contributed by atoms with Crippen LogP contribution < -0.4 is 0 Å². The minimum absolute atomic E-state index is 0. The second-order valence-corrected chi connectivity index (χ2v) is 2.93. The van der Waals surface area contributed by atoms with Crippen molar-refractivity contribution in [2.24, 2.45) is 5.92 Å². The van der Waals surface area contributed by atoms with E-state index in [1.807, 2.05) is 6.92 Å². The van der Waals surface area contributed by atoms with Crippen LogP contribution in [0.1, 0.15) is 39.5 Å². The molecule has 0 aliphatic carbocycles. The SMILES string of the molecule is CCCCC(CC)C(=O)O.OB(O)O.[Zn]. The summed E-state index contributed by atoms with van der Waals surface area (Å²) in [5.74, 6) is -0.754. The van der Waals surface area contributed by atoms with E-state index in [9.17, 15) is 4.79 Å². The predicted molar refractivity (Wildman–Crippen MR) is 53.4 cm³/mol. The fourth-order valence-corrected chi connectivity index (χ4v) is 0.953. The molecule has 1 atom stereocenters. The summed E-state index contributed by atoms with van der Waals surface area (Å²) in [4.78, 5) is 10.4. The Hall–Kier alpha value is 0.0383. The van der Waals surface area contributed by atoms with E-state index in [1.54, 1.807) is 0 Å². The molecule has 0 saturated heterocycles. The molecule has 0 aromatic rings. The van der Waals surface area contributed by atoms with Crippen molar-refractivity contribution in [2.45, 2.75) is 39.5 Å². The molecule has 86 valence electrons. The van der Waals surface area contributed by atoms with Crippen molar-refractivity contribution >= 4 is 13.3 Å². The molecule has 0 aromatic carbocycles. The smallest absolute Gasteiger partial charge is 0.481 e. The summed E-state index contributed by atoms with van der Waals surface area (Å²) in [5, 5.41) is 30.1. The molecule has 0 aliphatic rings. The van der Waals surface area contributed by atoms with Crippen LogP contribution in [0, 0.1) is 5.92 Å². The van der Waals surface area contributed by atoms with Crippen molar-refractivity contribution in [2.75, 3.05) is 0 Å². The number of rotatable bonds is 5. The van der Waals surface area contributed by atoms with Crippen molar-refractivity contribution in [3.05, 3.63) is 0 Å². The summed E-state index contributed by atoms with van der Waals surface area (Å²) < 4.78 is 0. The van der Waals surface area contributed by atoms with Crippen molar-refractivity contribution < 1.29 is 44.5 Å². The molecule has 0 rings (SSSR count). The monoisotopic (exact) mass is 270 g/mol. The number of carboxylic acids is 1. The van der Waals surface area contributed by atoms with E-state index in [0.717, 1.165) is 25.7 Å². The van der Waals surface area contributed by atoms with Crippen LogP contribution in [0.25, 0.3) is 0 Å². The first-order chi connectivity index (χ1) is 6.45. The van der Waals surface area contributed by atoms with Crippen LogP contribution in [0.4, 0.5) is 0 Å². The molecule has 4 N–H and O–H groups in total. The van der Waals surface area contributed by atoms with Gasteiger partial charge in [0.25, 0.3) is 0 Å². The van der Waals surface area contributed by atoms with E-state index in [4.69, 9.17) is 20.2 Å². The Labute approximate surface area is 103 Å². The van der Waals surface area contributed by atoms with E-state index >= 15 is 0 Å². The number of aliphatic carboxylic acids is 1. The topological polar surface area (TPSA) is 98.0 Å². The number of hydrogen-bond donors (Lipinski definition) is 4. The molecule has 0 saturated carbocycles. The van der Waals surface area contributed by atoms with Crippen LogP contribution in [-0.4, -0.2) is 33.5 Å². The first-order valence-electron chi connectivity index (χ1n) is 4.72. The first kappa shape index (κ1) is 20.5. The number of hydrogen-bond acceptors (Lipinski definition) is 4. The van der Waals surface area contributed by atoms with Crippen LogP contribution >= 0.6 is 0 Å². The normalized spacial score (nSPS) is 10.5. The molecule has 0 aliphatic heterocycles. The molecule has 7 heteroatoms. The molecular formula is C8H19BO5Zn. The third kappa shape index (κ3) is 20.2. The van der Waals surface area contributed by atoms with Crippen molar-refractivity contribution in [1.82, 2.24) is 0 Å². The van der Waals surface area contributed by atoms with Gasteiger partial charge >= 0.3 is 13.3 Å². The molecule has 0 radical (unpaired) electrons. The quantitative estimate of drug-likeness (QED) is 0.537. The van der Waals surface area contributed by atoms with Gasteiger partial charge in [-0.2, -0.15) is 0 Å². The summed E-state index contributed by atoms with van der Waals surface area (Å²) in [6.07, 6.45) is 3.71. The van der Waals surface area contributed by atoms with Gasteiger partial charge in [0.05, 0.1) is 5.92 Å². The molecule has 0 heterocycles. The molecule has 0 spiro atoms. The molecule has 1 unspecified atom stereocenters. The second-order valence-electron chi connectivity index (χ2n) is 2.93. The minimum Gasteiger partial charge on any atom is -0.481 e. The zero-order valence-electron chi connectivity index (χ0n) is 9.39. The Kier molecular flexibility index (Phi) is 19.1. The summed E-state index contributed by atoms with van der Waals surface area (Å²) >= 11 is 0. The van der Waals surface area contributed by atoms with Gasteiger partial charge in [0.15, 0.2) is 0 Å². The zero-order chi connectivity index (χ0) is 11.6. The van der Waals surface area contributed by atoms with E-state index in [0.29, 0.717) is 0 Å². The third-order valence-corrected chi connectivity index (χ3v) is 1.75. The summed E-state index contributed by atoms with van der Waals surface area (Å²) in [6.45, 7) is 4.00. The molecule has 15 heavy (non-hydrogen) atoms. The van der Waals surface area contributed by atoms with Gasteiger partial charge in [0.2, 0.25) is 0 Å². The van der Waals surface area contributed by atoms with Crippen molar-refractivity contribution in [3.63, 3.8) is 0 Å². The van der Waals surface area contributed by atoms with E-state index in [-0.39, 0.29) is 25.4 Å². The Bertz CT molecular complexity index is 142. The Morgan fingerprint density at radius 2 is 1.67 bits per heavy atom. The Morgan fingerprint density at radius 1 is 1.27 bits per heavy atom. The summed E-state index contributed by atoms with van der Waals surface area (Å²) in [5.41, 5.74) is 0. The summed E-state index contributed by atoms with van der Waals surface area (Å²) in [7, 11) is -2.17. The van der Waals surface area contributed by atoms with Crippen LogP contribution in [0.3, 0.4) is 0 Å². The van der Waals surface area contributed by atoms with Gasteiger partial charge in [-0.1, -0.05) is 26.7 Å². The van der Waals surface area contributed by atoms with Gasteiger partial charge in [-0.15, -0.1) is 0 Å². The van der Waals surface area contributed by atoms with Crippen LogP contribution in [-0.2, 0) is 24.3 Å². The van der Waals surface area contributed by atoms with Gasteiger partial charge < -0.3 is 20.2 Å². The fourth-order valence-electron chi connectivity index (χ4n) is 0.953. The number of carboxylic acid groups (broad SMARTS) is 1. The van der Waals surface area contributed by atoms with Crippen LogP contribution in [0.2, 0.25) is 0 Å². The fraction of sp³-hybridized carbons (Fsp3) is 0.875. The van der Waals surface area contributed by atoms with Crippen LogP contribution in [0.15, 0.2) is 0 Å². The molecule has 0 aromatic heterocycles. The molecule has 0 amide bonds. The van der Waals surface area contributed by atoms with E-state index < -0.39 is 13.3 Å². The summed E-state index contributed by atoms with van der Waals surface area (Å²) in [6, 6.07) is 0. The zero-order valence-corrected chi connectivity index (χ0v) is 12.4. The van der Waals surface area contributed by atoms with Gasteiger partial charge in [0.1, 0.15) is 0 Å². The van der Waals surface area contributed by atoms with Gasteiger partial charge in [0, 0.05) is 19.5 Å². The maximum Gasteiger partial charge on any atom is 0.631 e. The van der Waals surface area contributed by atoms with Crippen molar-refractivity contribution in [3.8, 4) is 0 Å². The van der Waals surface area contributed by atoms with Gasteiger partial charge in [-0.25, -0.2) is 0 Å². The largest absolute Gasteiger partial charge is 0.631 e. The van der Waals surface area contributed by atoms with Gasteiger partial charge in [-0.05, 0) is 12.8 Å². The Morgan fingerprint density at radius 3 is 1.87 bits per heavy atom. The second kappa shape index (κ2) is 14.0. The van der Waals surface area contributed by atoms with Crippen LogP contribution in [0.5, 0.6) is 0 Å². The number of carbonyl (C=O) groups is 1. The minimum atomic E-state index is -2.17. The molecule has 5 nitrogen and oxygen atoms in total. The number of unbranched alkanes of at least 4 members (excludes halogenated alkanes) is 1. The Balaban J connectivity index is -0.000000249. The average Bonchev–Trinajstić information content (AvgIpc) is 2.04. The molecule has 0 fully saturated rings. The van der Waals surface area contributed by atoms with Gasteiger partial charge in [-0.3, -0.25) is 4.79 Å². The third-order valence-electron chi connectivity index (χ3n) is 1.75. The standard InChI is InChI=1S/C8H16O2.BH3O3.Zn/c1-3-5-6-7(4-2)8(9)10;2-1(3)4;/h7H,3-6H2,1-2H3,(H,9,10);2-4H;. The average molecular weight is 271 g/mol. The van der Waals surface area contributed by atoms with Crippen molar-refractivity contribution in [1.29, 1.82) is 0 Å². The molecule has 0 bridgehead atoms. The maximum atomic E-state index is 10.4. The van der Waals surface area contributed by atoms with E-state index in [1.165, 1.54) is 0 Å². The first-order valence-corrected chi connectivity index (χ1v) is 4.72. The predicted octanol–water partition coefficient (Wildman–Crippen LogP) is 0.233. The maximum absolute atomic E-state index is 10.4.